The Bertz CT molecular complexity index is 814. The highest BCUT2D eigenvalue weighted by Gasteiger charge is 2.26. The zero-order chi connectivity index (χ0) is 18.7. The van der Waals surface area contributed by atoms with Crippen molar-refractivity contribution in [3.05, 3.63) is 56.0 Å². The quantitative estimate of drug-likeness (QED) is 0.579. The van der Waals surface area contributed by atoms with Gasteiger partial charge in [0.05, 0.1) is 17.4 Å². The van der Waals surface area contributed by atoms with Gasteiger partial charge >= 0.3 is 6.03 Å². The molecule has 0 saturated heterocycles. The highest BCUT2D eigenvalue weighted by atomic mass is 79.9. The minimum absolute atomic E-state index is 0.0393. The summed E-state index contributed by atoms with van der Waals surface area (Å²) in [5.41, 5.74) is 10.4. The van der Waals surface area contributed by atoms with E-state index in [0.717, 1.165) is 46.0 Å². The molecule has 0 fully saturated rings. The Balaban J connectivity index is 0.000000158. The van der Waals surface area contributed by atoms with Gasteiger partial charge in [-0.3, -0.25) is 9.97 Å². The molecule has 2 aliphatic carbocycles. The van der Waals surface area contributed by atoms with Crippen LogP contribution in [0.5, 0.6) is 0 Å². The van der Waals surface area contributed by atoms with Crippen molar-refractivity contribution in [1.82, 2.24) is 20.6 Å². The lowest BCUT2D eigenvalue weighted by Crippen LogP contribution is -2.35. The third-order valence-electron chi connectivity index (χ3n) is 4.67. The van der Waals surface area contributed by atoms with Crippen LogP contribution in [-0.2, 0) is 12.8 Å². The molecule has 0 spiro atoms. The summed E-state index contributed by atoms with van der Waals surface area (Å²) >= 11 is 6.97. The van der Waals surface area contributed by atoms with Crippen molar-refractivity contribution in [2.75, 3.05) is 7.05 Å². The summed E-state index contributed by atoms with van der Waals surface area (Å²) in [5, 5.41) is 5.43. The van der Waals surface area contributed by atoms with E-state index in [2.05, 4.69) is 52.5 Å². The fourth-order valence-corrected chi connectivity index (χ4v) is 4.35. The van der Waals surface area contributed by atoms with E-state index in [1.54, 1.807) is 19.4 Å². The summed E-state index contributed by atoms with van der Waals surface area (Å²) in [6.45, 7) is 0. The molecule has 0 saturated carbocycles. The number of hydrogen-bond acceptors (Lipinski definition) is 4. The number of aromatic nitrogens is 2. The largest absolute Gasteiger partial charge is 0.341 e. The van der Waals surface area contributed by atoms with E-state index in [1.165, 1.54) is 11.1 Å². The number of urea groups is 1. The molecule has 0 bridgehead atoms. The normalized spacial score (nSPS) is 19.8. The Morgan fingerprint density at radius 3 is 2.27 bits per heavy atom. The maximum Gasteiger partial charge on any atom is 0.315 e. The van der Waals surface area contributed by atoms with Gasteiger partial charge in [0.25, 0.3) is 0 Å². The van der Waals surface area contributed by atoms with Gasteiger partial charge in [0.15, 0.2) is 0 Å². The second-order valence-electron chi connectivity index (χ2n) is 6.27. The van der Waals surface area contributed by atoms with Crippen molar-refractivity contribution in [2.24, 2.45) is 5.73 Å². The van der Waals surface area contributed by atoms with Crippen LogP contribution in [0.1, 0.15) is 47.4 Å². The molecule has 0 aliphatic heterocycles. The lowest BCUT2D eigenvalue weighted by atomic mass is 10.2. The highest BCUT2D eigenvalue weighted by molar-refractivity contribution is 9.10. The molecule has 26 heavy (non-hydrogen) atoms. The summed E-state index contributed by atoms with van der Waals surface area (Å²) < 4.78 is 2.23. The number of rotatable bonds is 1. The van der Waals surface area contributed by atoms with Crippen LogP contribution in [0.4, 0.5) is 4.79 Å². The Morgan fingerprint density at radius 1 is 1.08 bits per heavy atom. The van der Waals surface area contributed by atoms with Gasteiger partial charge in [-0.2, -0.15) is 0 Å². The number of nitrogens with two attached hydrogens (primary N) is 1. The first-order valence-electron chi connectivity index (χ1n) is 8.51. The molecule has 0 aromatic carbocycles. The van der Waals surface area contributed by atoms with Crippen LogP contribution in [0.3, 0.4) is 0 Å². The van der Waals surface area contributed by atoms with Crippen LogP contribution in [0.25, 0.3) is 0 Å². The number of nitrogens with zero attached hydrogens (tertiary/aromatic N) is 2. The van der Waals surface area contributed by atoms with Crippen molar-refractivity contribution in [3.63, 3.8) is 0 Å². The molecular weight excluding hydrogens is 462 g/mol. The fraction of sp³-hybridized carbons (Fsp3) is 0.389. The maximum atomic E-state index is 11.2. The van der Waals surface area contributed by atoms with E-state index in [-0.39, 0.29) is 18.1 Å². The first-order chi connectivity index (χ1) is 12.5. The molecule has 0 radical (unpaired) electrons. The highest BCUT2D eigenvalue weighted by Crippen LogP contribution is 2.34. The van der Waals surface area contributed by atoms with Crippen LogP contribution >= 0.6 is 31.9 Å². The smallest absolute Gasteiger partial charge is 0.315 e. The first-order valence-corrected chi connectivity index (χ1v) is 10.1. The Hall–Kier alpha value is -1.51. The van der Waals surface area contributed by atoms with Gasteiger partial charge in [-0.05, 0) is 48.9 Å². The second kappa shape index (κ2) is 8.45. The van der Waals surface area contributed by atoms with E-state index in [9.17, 15) is 4.79 Å². The van der Waals surface area contributed by atoms with Gasteiger partial charge in [-0.15, -0.1) is 0 Å². The van der Waals surface area contributed by atoms with E-state index in [0.29, 0.717) is 0 Å². The van der Waals surface area contributed by atoms with Crippen LogP contribution in [0, 0.1) is 0 Å². The molecule has 2 aromatic rings. The van der Waals surface area contributed by atoms with Crippen LogP contribution in [0.2, 0.25) is 0 Å². The molecule has 2 aromatic heterocycles. The number of amides is 2. The average molecular weight is 483 g/mol. The second-order valence-corrected chi connectivity index (χ2v) is 7.98. The molecule has 4 rings (SSSR count). The SMILES string of the molecule is CNC(=O)NC1CCc2c(Br)ccnc21.NC1CCc2c(Br)ccnc21. The van der Waals surface area contributed by atoms with E-state index in [4.69, 9.17) is 5.73 Å². The number of pyridine rings is 2. The monoisotopic (exact) mass is 481 g/mol. The summed E-state index contributed by atoms with van der Waals surface area (Å²) in [6.07, 6.45) is 7.52. The molecule has 2 aliphatic rings. The number of halogens is 2. The average Bonchev–Trinajstić information content (AvgIpc) is 3.22. The Morgan fingerprint density at radius 2 is 1.65 bits per heavy atom. The predicted molar refractivity (Wildman–Crippen MR) is 108 cm³/mol. The molecule has 6 nitrogen and oxygen atoms in total. The van der Waals surface area contributed by atoms with Crippen LogP contribution in [0.15, 0.2) is 33.5 Å². The van der Waals surface area contributed by atoms with Crippen molar-refractivity contribution in [3.8, 4) is 0 Å². The molecule has 4 N–H and O–H groups in total. The lowest BCUT2D eigenvalue weighted by molar-refractivity contribution is 0.239. The summed E-state index contributed by atoms with van der Waals surface area (Å²) in [4.78, 5) is 19.8. The van der Waals surface area contributed by atoms with Gasteiger partial charge in [0, 0.05) is 34.4 Å². The van der Waals surface area contributed by atoms with E-state index >= 15 is 0 Å². The van der Waals surface area contributed by atoms with Crippen molar-refractivity contribution in [2.45, 2.75) is 37.8 Å². The topological polar surface area (TPSA) is 92.9 Å². The standard InChI is InChI=1S/C10H12BrN3O.C8H9BrN2/c1-12-10(15)14-8-3-2-6-7(11)4-5-13-9(6)8;9-6-3-4-11-8-5(6)1-2-7(8)10/h4-5,8H,2-3H2,1H3,(H2,12,14,15);3-4,7H,1-2,10H2. The summed E-state index contributed by atoms with van der Waals surface area (Å²) in [6, 6.07) is 3.94. The molecule has 2 heterocycles. The van der Waals surface area contributed by atoms with E-state index in [1.807, 2.05) is 12.1 Å². The number of hydrogen-bond donors (Lipinski definition) is 3. The molecule has 2 unspecified atom stereocenters. The summed E-state index contributed by atoms with van der Waals surface area (Å²) in [7, 11) is 1.61. The Labute approximate surface area is 169 Å². The van der Waals surface area contributed by atoms with Gasteiger partial charge in [0.2, 0.25) is 0 Å². The molecule has 2 atom stereocenters. The zero-order valence-corrected chi connectivity index (χ0v) is 17.6. The van der Waals surface area contributed by atoms with Crippen molar-refractivity contribution >= 4 is 37.9 Å². The van der Waals surface area contributed by atoms with Crippen molar-refractivity contribution < 1.29 is 4.79 Å². The van der Waals surface area contributed by atoms with Gasteiger partial charge in [-0.25, -0.2) is 4.79 Å². The van der Waals surface area contributed by atoms with Crippen LogP contribution < -0.4 is 16.4 Å². The third kappa shape index (κ3) is 4.07. The molecule has 8 heteroatoms. The molecule has 2 amide bonds. The minimum atomic E-state index is -0.158. The van der Waals surface area contributed by atoms with Crippen LogP contribution in [-0.4, -0.2) is 23.0 Å². The third-order valence-corrected chi connectivity index (χ3v) is 6.15. The fourth-order valence-electron chi connectivity index (χ4n) is 3.32. The molecule has 138 valence electrons. The Kier molecular flexibility index (Phi) is 6.26. The minimum Gasteiger partial charge on any atom is -0.341 e. The molecular formula is C18H21Br2N5O. The number of nitrogens with one attached hydrogen (secondary N) is 2. The van der Waals surface area contributed by atoms with E-state index < -0.39 is 0 Å². The zero-order valence-electron chi connectivity index (χ0n) is 14.4. The summed E-state index contributed by atoms with van der Waals surface area (Å²) in [5.74, 6) is 0. The van der Waals surface area contributed by atoms with Gasteiger partial charge in [0.1, 0.15) is 0 Å². The number of carbonyl (C=O) groups excluding carboxylic acids is 1. The van der Waals surface area contributed by atoms with Gasteiger partial charge < -0.3 is 16.4 Å². The van der Waals surface area contributed by atoms with Crippen molar-refractivity contribution in [1.29, 1.82) is 0 Å². The lowest BCUT2D eigenvalue weighted by Gasteiger charge is -2.12. The van der Waals surface area contributed by atoms with Gasteiger partial charge in [-0.1, -0.05) is 31.9 Å². The number of carbonyl (C=O) groups is 1. The maximum absolute atomic E-state index is 11.2. The number of fused-ring (bicyclic) bond motifs is 2. The first kappa shape index (κ1) is 19.3. The predicted octanol–water partition coefficient (Wildman–Crippen LogP) is 3.55.